The number of rotatable bonds is 6. The second-order valence-corrected chi connectivity index (χ2v) is 13.9. The normalized spacial score (nSPS) is 9.11. The Morgan fingerprint density at radius 1 is 0.319 bits per heavy atom. The first kappa shape index (κ1) is 81.0. The van der Waals surface area contributed by atoms with Gasteiger partial charge >= 0.3 is 0 Å². The lowest BCUT2D eigenvalue weighted by Crippen LogP contribution is -2.03. The molecule has 0 saturated heterocycles. The van der Waals surface area contributed by atoms with Crippen LogP contribution in [0.3, 0.4) is 0 Å². The monoisotopic (exact) mass is 681 g/mol. The number of hydrogen-bond acceptors (Lipinski definition) is 0. The third kappa shape index (κ3) is 249. The molecular weight excluding hydrogens is 565 g/mol. The first-order valence-electron chi connectivity index (χ1n) is 21.4. The fraction of sp³-hybridized carbons (Fsp3) is 0.957. The van der Waals surface area contributed by atoms with Crippen LogP contribution in [0.25, 0.3) is 0 Å². The summed E-state index contributed by atoms with van der Waals surface area (Å²) in [6.07, 6.45) is 16.5. The third-order valence-corrected chi connectivity index (χ3v) is 4.48. The Hall–Kier alpha value is -0.260. The lowest BCUT2D eigenvalue weighted by atomic mass is 9.90. The van der Waals surface area contributed by atoms with E-state index in [-0.39, 0.29) is 0 Å². The molecule has 0 N–H and O–H groups in total. The van der Waals surface area contributed by atoms with Crippen LogP contribution in [-0.2, 0) is 0 Å². The molecule has 0 fully saturated rings. The van der Waals surface area contributed by atoms with Crippen molar-refractivity contribution in [3.8, 4) is 0 Å². The predicted molar refractivity (Wildman–Crippen MR) is 242 cm³/mol. The lowest BCUT2D eigenvalue weighted by molar-refractivity contribution is 0.359. The van der Waals surface area contributed by atoms with Gasteiger partial charge in [-0.15, -0.1) is 0 Å². The minimum absolute atomic E-state index is 0.370. The summed E-state index contributed by atoms with van der Waals surface area (Å²) >= 11 is 0. The minimum atomic E-state index is 0.370. The third-order valence-electron chi connectivity index (χ3n) is 4.48. The molecule has 304 valence electrons. The summed E-state index contributed by atoms with van der Waals surface area (Å²) < 4.78 is 0. The Balaban J connectivity index is -0.0000000304. The highest BCUT2D eigenvalue weighted by Crippen LogP contribution is 2.22. The maximum Gasteiger partial charge on any atom is -0.0203 e. The van der Waals surface area contributed by atoms with Crippen LogP contribution in [0.2, 0.25) is 0 Å². The van der Waals surface area contributed by atoms with E-state index in [9.17, 15) is 0 Å². The average molecular weight is 681 g/mol. The van der Waals surface area contributed by atoms with Crippen molar-refractivity contribution in [1.29, 1.82) is 0 Å². The van der Waals surface area contributed by atoms with Crippen LogP contribution in [0.15, 0.2) is 12.2 Å². The molecule has 0 nitrogen and oxygen atoms in total. The maximum absolute atomic E-state index is 2.31. The van der Waals surface area contributed by atoms with Crippen LogP contribution >= 0.6 is 0 Å². The average Bonchev–Trinajstić information content (AvgIpc) is 3.03. The van der Waals surface area contributed by atoms with Crippen molar-refractivity contribution in [2.45, 2.75) is 279 Å². The van der Waals surface area contributed by atoms with Gasteiger partial charge in [0, 0.05) is 0 Å². The minimum Gasteiger partial charge on any atom is -0.0911 e. The van der Waals surface area contributed by atoms with E-state index in [2.05, 4.69) is 116 Å². The van der Waals surface area contributed by atoms with E-state index >= 15 is 0 Å². The first-order valence-corrected chi connectivity index (χ1v) is 21.4. The molecule has 0 aromatic heterocycles. The molecule has 0 aliphatic heterocycles. The smallest absolute Gasteiger partial charge is 0.0203 e. The molecule has 0 aromatic carbocycles. The molecule has 0 radical (unpaired) electrons. The van der Waals surface area contributed by atoms with Crippen molar-refractivity contribution in [3.63, 3.8) is 0 Å². The molecule has 0 amide bonds. The van der Waals surface area contributed by atoms with Gasteiger partial charge in [0.1, 0.15) is 0 Å². The van der Waals surface area contributed by atoms with Gasteiger partial charge in [-0.05, 0) is 47.8 Å². The summed E-state index contributed by atoms with van der Waals surface area (Å²) in [5.74, 6) is 0. The molecule has 0 bridgehead atoms. The predicted octanol–water partition coefficient (Wildman–Crippen LogP) is 20.5. The van der Waals surface area contributed by atoms with Crippen molar-refractivity contribution in [1.82, 2.24) is 0 Å². The van der Waals surface area contributed by atoms with Crippen LogP contribution in [0, 0.1) is 21.7 Å². The van der Waals surface area contributed by atoms with Crippen LogP contribution < -0.4 is 0 Å². The molecule has 0 heteroatoms. The molecule has 0 rings (SSSR count). The van der Waals surface area contributed by atoms with Crippen LogP contribution in [0.1, 0.15) is 279 Å². The SMILES string of the molecule is C/C=C/C(C)(C)C.CC.CC.CC.CC.CC.CC.CC.CC.CCCC(C)(C)C.CCCCC(C)(C)C.CCCCCC(C)(C)C. The molecule has 0 heterocycles. The van der Waals surface area contributed by atoms with Gasteiger partial charge in [-0.2, -0.15) is 0 Å². The second kappa shape index (κ2) is 75.9. The Labute approximate surface area is 312 Å². The molecule has 47 heavy (non-hydrogen) atoms. The van der Waals surface area contributed by atoms with E-state index in [1.165, 1.54) is 57.8 Å². The zero-order valence-electron chi connectivity index (χ0n) is 41.5. The first-order chi connectivity index (χ1) is 21.7. The van der Waals surface area contributed by atoms with Gasteiger partial charge in [0.25, 0.3) is 0 Å². The largest absolute Gasteiger partial charge is 0.0911 e. The molecule has 0 atom stereocenters. The van der Waals surface area contributed by atoms with E-state index in [0.717, 1.165) is 0 Å². The van der Waals surface area contributed by atoms with Gasteiger partial charge in [-0.25, -0.2) is 0 Å². The van der Waals surface area contributed by atoms with Gasteiger partial charge in [-0.1, -0.05) is 265 Å². The molecule has 0 spiro atoms. The highest BCUT2D eigenvalue weighted by molar-refractivity contribution is 4.89. The zero-order valence-corrected chi connectivity index (χ0v) is 41.5. The Morgan fingerprint density at radius 2 is 0.553 bits per heavy atom. The lowest BCUT2D eigenvalue weighted by Gasteiger charge is -2.16. The van der Waals surface area contributed by atoms with Crippen molar-refractivity contribution in [2.24, 2.45) is 21.7 Å². The van der Waals surface area contributed by atoms with Crippen LogP contribution in [-0.4, -0.2) is 0 Å². The van der Waals surface area contributed by atoms with Gasteiger partial charge in [0.05, 0.1) is 0 Å². The molecule has 0 aromatic rings. The fourth-order valence-corrected chi connectivity index (χ4v) is 2.86. The molecule has 0 unspecified atom stereocenters. The van der Waals surface area contributed by atoms with Crippen LogP contribution in [0.4, 0.5) is 0 Å². The Morgan fingerprint density at radius 3 is 0.638 bits per heavy atom. The topological polar surface area (TPSA) is 0 Å². The van der Waals surface area contributed by atoms with Gasteiger partial charge in [0.2, 0.25) is 0 Å². The standard InChI is InChI=1S/C9H20.C8H18.C7H16.C7H14.8C2H6/c1-5-6-7-8-9(2,3)4;1-5-6-7-8(2,3)4;2*1-5-6-7(2,3)4;8*1-2/h5-8H2,1-4H3;5-7H2,1-4H3;5-6H2,1-4H3;5-6H,1-4H3;8*1-2H3/b;;;6-5+;;;;;;;;. The molecular formula is C47H116. The second-order valence-electron chi connectivity index (χ2n) is 13.9. The highest BCUT2D eigenvalue weighted by atomic mass is 14.1. The number of unbranched alkanes of at least 4 members (excludes halogenated alkanes) is 3. The van der Waals surface area contributed by atoms with Gasteiger partial charge in [-0.3, -0.25) is 0 Å². The fourth-order valence-electron chi connectivity index (χ4n) is 2.86. The molecule has 0 aliphatic carbocycles. The Bertz CT molecular complexity index is 357. The summed E-state index contributed by atoms with van der Waals surface area (Å²) in [5, 5.41) is 0. The van der Waals surface area contributed by atoms with E-state index in [1.807, 2.05) is 118 Å². The van der Waals surface area contributed by atoms with Crippen molar-refractivity contribution in [3.05, 3.63) is 12.2 Å². The Kier molecular flexibility index (Phi) is 131. The molecule has 0 saturated carbocycles. The van der Waals surface area contributed by atoms with Crippen LogP contribution in [0.5, 0.6) is 0 Å². The summed E-state index contributed by atoms with van der Waals surface area (Å²) in [6, 6.07) is 0. The van der Waals surface area contributed by atoms with Gasteiger partial charge < -0.3 is 0 Å². The number of hydrogen-bond donors (Lipinski definition) is 0. The van der Waals surface area contributed by atoms with Crippen molar-refractivity contribution in [2.75, 3.05) is 0 Å². The van der Waals surface area contributed by atoms with E-state index < -0.39 is 0 Å². The van der Waals surface area contributed by atoms with E-state index in [1.54, 1.807) is 0 Å². The van der Waals surface area contributed by atoms with Crippen molar-refractivity contribution >= 4 is 0 Å². The quantitative estimate of drug-likeness (QED) is 0.193. The summed E-state index contributed by atoms with van der Waals surface area (Å²) in [4.78, 5) is 0. The number of allylic oxidation sites excluding steroid dienone is 2. The summed E-state index contributed by atoms with van der Waals surface area (Å²) in [6.45, 7) is 68.0. The summed E-state index contributed by atoms with van der Waals surface area (Å²) in [7, 11) is 0. The highest BCUT2D eigenvalue weighted by Gasteiger charge is 2.08. The molecule has 0 aliphatic rings. The summed E-state index contributed by atoms with van der Waals surface area (Å²) in [5.41, 5.74) is 2.02. The maximum atomic E-state index is 2.31. The van der Waals surface area contributed by atoms with E-state index in [4.69, 9.17) is 0 Å². The van der Waals surface area contributed by atoms with Crippen molar-refractivity contribution < 1.29 is 0 Å². The van der Waals surface area contributed by atoms with E-state index in [0.29, 0.717) is 21.7 Å². The van der Waals surface area contributed by atoms with Gasteiger partial charge in [0.15, 0.2) is 0 Å². The zero-order chi connectivity index (χ0) is 41.8.